The molecule has 2 rings (SSSR count). The van der Waals surface area contributed by atoms with E-state index in [1.165, 1.54) is 4.90 Å². The Morgan fingerprint density at radius 3 is 2.76 bits per heavy atom. The summed E-state index contributed by atoms with van der Waals surface area (Å²) in [6.07, 6.45) is 1.32. The van der Waals surface area contributed by atoms with Gasteiger partial charge in [0.25, 0.3) is 0 Å². The van der Waals surface area contributed by atoms with E-state index in [0.717, 1.165) is 16.6 Å². The maximum Gasteiger partial charge on any atom is 0.224 e. The van der Waals surface area contributed by atoms with Gasteiger partial charge >= 0.3 is 0 Å². The maximum absolute atomic E-state index is 11.8. The zero-order valence-electron chi connectivity index (χ0n) is 11.5. The van der Waals surface area contributed by atoms with Crippen LogP contribution in [0.5, 0.6) is 0 Å². The second kappa shape index (κ2) is 8.10. The van der Waals surface area contributed by atoms with Crippen molar-refractivity contribution in [3.05, 3.63) is 53.0 Å². The van der Waals surface area contributed by atoms with Gasteiger partial charge in [-0.1, -0.05) is 34.1 Å². The molecule has 0 aliphatic heterocycles. The number of carbonyl (C=O) groups is 1. The van der Waals surface area contributed by atoms with Crippen LogP contribution >= 0.6 is 27.7 Å². The zero-order chi connectivity index (χ0) is 15.1. The number of halogens is 1. The lowest BCUT2D eigenvalue weighted by atomic mass is 10.2. The van der Waals surface area contributed by atoms with Crippen LogP contribution in [0.2, 0.25) is 0 Å². The standard InChI is InChI=1S/C16H17BrN2OS/c17-12-5-3-6-13(11-12)21-10-4-9-16(20)19-15-8-2-1-7-14(15)18/h1-3,5-8,11H,4,9-10,18H2,(H,19,20). The van der Waals surface area contributed by atoms with Gasteiger partial charge in [-0.3, -0.25) is 4.79 Å². The SMILES string of the molecule is Nc1ccccc1NC(=O)CCCSc1cccc(Br)c1. The normalized spacial score (nSPS) is 10.3. The summed E-state index contributed by atoms with van der Waals surface area (Å²) in [5.41, 5.74) is 7.07. The Balaban J connectivity index is 1.71. The van der Waals surface area contributed by atoms with E-state index in [0.29, 0.717) is 17.8 Å². The van der Waals surface area contributed by atoms with E-state index < -0.39 is 0 Å². The first kappa shape index (κ1) is 15.9. The molecule has 0 heterocycles. The lowest BCUT2D eigenvalue weighted by Gasteiger charge is -2.07. The molecule has 0 saturated heterocycles. The number of anilines is 2. The van der Waals surface area contributed by atoms with E-state index in [4.69, 9.17) is 5.73 Å². The fourth-order valence-electron chi connectivity index (χ4n) is 1.80. The van der Waals surface area contributed by atoms with Crippen LogP contribution in [-0.4, -0.2) is 11.7 Å². The van der Waals surface area contributed by atoms with Crippen molar-refractivity contribution in [1.29, 1.82) is 0 Å². The molecule has 5 heteroatoms. The fraction of sp³-hybridized carbons (Fsp3) is 0.188. The van der Waals surface area contributed by atoms with Crippen molar-refractivity contribution >= 4 is 45.0 Å². The third kappa shape index (κ3) is 5.44. The molecule has 0 saturated carbocycles. The lowest BCUT2D eigenvalue weighted by Crippen LogP contribution is -2.12. The summed E-state index contributed by atoms with van der Waals surface area (Å²) in [7, 11) is 0. The molecular formula is C16H17BrN2OS. The molecule has 0 spiro atoms. The van der Waals surface area contributed by atoms with Crippen LogP contribution in [-0.2, 0) is 4.79 Å². The highest BCUT2D eigenvalue weighted by molar-refractivity contribution is 9.10. The second-order valence-corrected chi connectivity index (χ2v) is 6.63. The minimum atomic E-state index is 0.00254. The monoisotopic (exact) mass is 364 g/mol. The Morgan fingerprint density at radius 1 is 1.19 bits per heavy atom. The highest BCUT2D eigenvalue weighted by Gasteiger charge is 2.04. The molecule has 21 heavy (non-hydrogen) atoms. The number of hydrogen-bond acceptors (Lipinski definition) is 3. The van der Waals surface area contributed by atoms with Crippen molar-refractivity contribution in [3.63, 3.8) is 0 Å². The molecule has 0 bridgehead atoms. The molecule has 0 unspecified atom stereocenters. The first-order valence-corrected chi connectivity index (χ1v) is 8.46. The number of amides is 1. The number of benzene rings is 2. The molecule has 2 aromatic rings. The quantitative estimate of drug-likeness (QED) is 0.449. The predicted molar refractivity (Wildman–Crippen MR) is 93.6 cm³/mol. The summed E-state index contributed by atoms with van der Waals surface area (Å²) in [6.45, 7) is 0. The van der Waals surface area contributed by atoms with Crippen LogP contribution in [0.4, 0.5) is 11.4 Å². The molecular weight excluding hydrogens is 348 g/mol. The second-order valence-electron chi connectivity index (χ2n) is 4.54. The third-order valence-corrected chi connectivity index (χ3v) is 4.42. The molecule has 0 atom stereocenters. The summed E-state index contributed by atoms with van der Waals surface area (Å²) in [6, 6.07) is 15.4. The van der Waals surface area contributed by atoms with Crippen LogP contribution in [0, 0.1) is 0 Å². The Labute approximate surface area is 137 Å². The molecule has 110 valence electrons. The molecule has 0 aromatic heterocycles. The van der Waals surface area contributed by atoms with Gasteiger partial charge in [0.2, 0.25) is 5.91 Å². The smallest absolute Gasteiger partial charge is 0.224 e. The number of thioether (sulfide) groups is 1. The zero-order valence-corrected chi connectivity index (χ0v) is 13.9. The van der Waals surface area contributed by atoms with Gasteiger partial charge in [-0.05, 0) is 42.5 Å². The van der Waals surface area contributed by atoms with Gasteiger partial charge < -0.3 is 11.1 Å². The average molecular weight is 365 g/mol. The first-order valence-electron chi connectivity index (χ1n) is 6.68. The summed E-state index contributed by atoms with van der Waals surface area (Å²) < 4.78 is 1.07. The van der Waals surface area contributed by atoms with Crippen LogP contribution in [0.1, 0.15) is 12.8 Å². The molecule has 0 aliphatic carbocycles. The first-order chi connectivity index (χ1) is 10.1. The number of hydrogen-bond donors (Lipinski definition) is 2. The highest BCUT2D eigenvalue weighted by Crippen LogP contribution is 2.23. The van der Waals surface area contributed by atoms with Crippen molar-refractivity contribution in [3.8, 4) is 0 Å². The van der Waals surface area contributed by atoms with Gasteiger partial charge in [-0.2, -0.15) is 0 Å². The Hall–Kier alpha value is -1.46. The van der Waals surface area contributed by atoms with Crippen molar-refractivity contribution in [2.75, 3.05) is 16.8 Å². The van der Waals surface area contributed by atoms with Gasteiger partial charge in [0.05, 0.1) is 11.4 Å². The largest absolute Gasteiger partial charge is 0.397 e. The topological polar surface area (TPSA) is 55.1 Å². The van der Waals surface area contributed by atoms with Gasteiger partial charge in [-0.15, -0.1) is 11.8 Å². The van der Waals surface area contributed by atoms with E-state index in [9.17, 15) is 4.79 Å². The number of rotatable bonds is 6. The molecule has 3 N–H and O–H groups in total. The van der Waals surface area contributed by atoms with E-state index in [2.05, 4.69) is 33.4 Å². The number of carbonyl (C=O) groups excluding carboxylic acids is 1. The molecule has 2 aromatic carbocycles. The lowest BCUT2D eigenvalue weighted by molar-refractivity contribution is -0.116. The van der Waals surface area contributed by atoms with Crippen molar-refractivity contribution in [2.24, 2.45) is 0 Å². The molecule has 0 radical (unpaired) electrons. The number of nitrogens with one attached hydrogen (secondary N) is 1. The van der Waals surface area contributed by atoms with Gasteiger partial charge in [0, 0.05) is 15.8 Å². The molecule has 3 nitrogen and oxygen atoms in total. The van der Waals surface area contributed by atoms with Crippen LogP contribution in [0.3, 0.4) is 0 Å². The maximum atomic E-state index is 11.8. The van der Waals surface area contributed by atoms with Crippen molar-refractivity contribution in [2.45, 2.75) is 17.7 Å². The number of para-hydroxylation sites is 2. The Kier molecular flexibility index (Phi) is 6.14. The summed E-state index contributed by atoms with van der Waals surface area (Å²) in [5, 5.41) is 2.84. The van der Waals surface area contributed by atoms with Crippen LogP contribution in [0.25, 0.3) is 0 Å². The Bertz CT molecular complexity index is 619. The average Bonchev–Trinajstić information content (AvgIpc) is 2.46. The fourth-order valence-corrected chi connectivity index (χ4v) is 3.26. The summed E-state index contributed by atoms with van der Waals surface area (Å²) >= 11 is 5.20. The minimum Gasteiger partial charge on any atom is -0.397 e. The van der Waals surface area contributed by atoms with Crippen LogP contribution < -0.4 is 11.1 Å². The van der Waals surface area contributed by atoms with Crippen molar-refractivity contribution < 1.29 is 4.79 Å². The van der Waals surface area contributed by atoms with E-state index in [1.54, 1.807) is 17.8 Å². The Morgan fingerprint density at radius 2 is 2.00 bits per heavy atom. The van der Waals surface area contributed by atoms with E-state index >= 15 is 0 Å². The number of nitrogens with two attached hydrogens (primary N) is 1. The van der Waals surface area contributed by atoms with Gasteiger partial charge in [0.15, 0.2) is 0 Å². The van der Waals surface area contributed by atoms with Gasteiger partial charge in [0.1, 0.15) is 0 Å². The van der Waals surface area contributed by atoms with Crippen LogP contribution in [0.15, 0.2) is 57.9 Å². The van der Waals surface area contributed by atoms with E-state index in [-0.39, 0.29) is 5.91 Å². The predicted octanol–water partition coefficient (Wildman–Crippen LogP) is 4.54. The molecule has 0 fully saturated rings. The van der Waals surface area contributed by atoms with E-state index in [1.807, 2.05) is 30.3 Å². The molecule has 0 aliphatic rings. The summed E-state index contributed by atoms with van der Waals surface area (Å²) in [4.78, 5) is 13.1. The summed E-state index contributed by atoms with van der Waals surface area (Å²) in [5.74, 6) is 0.913. The molecule has 1 amide bonds. The highest BCUT2D eigenvalue weighted by atomic mass is 79.9. The number of nitrogen functional groups attached to an aromatic ring is 1. The van der Waals surface area contributed by atoms with Gasteiger partial charge in [-0.25, -0.2) is 0 Å². The minimum absolute atomic E-state index is 0.00254. The van der Waals surface area contributed by atoms with Crippen molar-refractivity contribution in [1.82, 2.24) is 0 Å². The third-order valence-electron chi connectivity index (χ3n) is 2.85.